The SMILES string of the molecule is CC[C@H](C)OC(=O)C[N+](C)(C)CCO[C@H]1C[C@@H]2CC[C@@]1(C)C2(C)C. The van der Waals surface area contributed by atoms with Gasteiger partial charge in [-0.25, -0.2) is 4.79 Å². The van der Waals surface area contributed by atoms with Crippen LogP contribution in [-0.2, 0) is 14.3 Å². The average molecular weight is 341 g/mol. The van der Waals surface area contributed by atoms with Crippen molar-refractivity contribution in [2.75, 3.05) is 33.8 Å². The first-order valence-electron chi connectivity index (χ1n) is 9.65. The zero-order chi connectivity index (χ0) is 18.2. The average Bonchev–Trinajstić information content (AvgIpc) is 2.79. The molecule has 0 saturated heterocycles. The van der Waals surface area contributed by atoms with Crippen molar-refractivity contribution in [3.63, 3.8) is 0 Å². The first-order chi connectivity index (χ1) is 11.0. The Bertz CT molecular complexity index is 460. The molecule has 24 heavy (non-hydrogen) atoms. The molecule has 2 aliphatic carbocycles. The highest BCUT2D eigenvalue weighted by molar-refractivity contribution is 5.70. The Balaban J connectivity index is 1.78. The highest BCUT2D eigenvalue weighted by Gasteiger charge is 2.61. The zero-order valence-corrected chi connectivity index (χ0v) is 16.9. The number of hydrogen-bond donors (Lipinski definition) is 0. The normalized spacial score (nSPS) is 32.8. The minimum absolute atomic E-state index is 0.00460. The maximum Gasteiger partial charge on any atom is 0.362 e. The van der Waals surface area contributed by atoms with Crippen LogP contribution >= 0.6 is 0 Å². The van der Waals surface area contributed by atoms with Gasteiger partial charge >= 0.3 is 5.97 Å². The predicted octanol–water partition coefficient (Wildman–Crippen LogP) is 3.64. The second-order valence-corrected chi connectivity index (χ2v) is 9.50. The Morgan fingerprint density at radius 1 is 1.29 bits per heavy atom. The molecule has 2 saturated carbocycles. The third-order valence-electron chi connectivity index (χ3n) is 7.19. The molecule has 0 aliphatic heterocycles. The summed E-state index contributed by atoms with van der Waals surface area (Å²) in [6, 6.07) is 0. The molecule has 2 fully saturated rings. The number of hydrogen-bond acceptors (Lipinski definition) is 3. The van der Waals surface area contributed by atoms with Crippen molar-refractivity contribution < 1.29 is 18.8 Å². The van der Waals surface area contributed by atoms with E-state index in [2.05, 4.69) is 34.9 Å². The van der Waals surface area contributed by atoms with E-state index >= 15 is 0 Å². The molecule has 0 amide bonds. The second-order valence-electron chi connectivity index (χ2n) is 9.50. The standard InChI is InChI=1S/C20H38NO3/c1-8-15(2)24-18(22)14-21(6,7)11-12-23-17-13-16-9-10-20(17,5)19(16,3)4/h15-17H,8-14H2,1-7H3/q+1/t15-,16-,17-,20+/m0/s1. The largest absolute Gasteiger partial charge is 0.459 e. The summed E-state index contributed by atoms with van der Waals surface area (Å²) in [4.78, 5) is 12.0. The fraction of sp³-hybridized carbons (Fsp3) is 0.950. The molecule has 0 aromatic rings. The first-order valence-corrected chi connectivity index (χ1v) is 9.65. The first kappa shape index (κ1) is 19.7. The number of nitrogens with zero attached hydrogens (tertiary/aromatic N) is 1. The molecule has 2 bridgehead atoms. The van der Waals surface area contributed by atoms with E-state index < -0.39 is 0 Å². The van der Waals surface area contributed by atoms with Gasteiger partial charge in [0.15, 0.2) is 6.54 Å². The van der Waals surface area contributed by atoms with Crippen LogP contribution in [-0.4, -0.2) is 56.5 Å². The summed E-state index contributed by atoms with van der Waals surface area (Å²) in [6.07, 6.45) is 5.08. The van der Waals surface area contributed by atoms with Crippen molar-refractivity contribution in [2.24, 2.45) is 16.7 Å². The highest BCUT2D eigenvalue weighted by Crippen LogP contribution is 2.66. The van der Waals surface area contributed by atoms with Crippen LogP contribution in [0.5, 0.6) is 0 Å². The molecule has 4 atom stereocenters. The Hall–Kier alpha value is -0.610. The quantitative estimate of drug-likeness (QED) is 0.500. The maximum absolute atomic E-state index is 12.0. The molecule has 4 heteroatoms. The van der Waals surface area contributed by atoms with Crippen molar-refractivity contribution in [1.82, 2.24) is 0 Å². The summed E-state index contributed by atoms with van der Waals surface area (Å²) in [5.74, 6) is 0.697. The molecule has 140 valence electrons. The molecular weight excluding hydrogens is 302 g/mol. The van der Waals surface area contributed by atoms with Crippen LogP contribution in [0, 0.1) is 16.7 Å². The molecule has 2 rings (SSSR count). The van der Waals surface area contributed by atoms with E-state index in [0.717, 1.165) is 18.9 Å². The summed E-state index contributed by atoms with van der Waals surface area (Å²) in [7, 11) is 4.15. The van der Waals surface area contributed by atoms with E-state index in [1.54, 1.807) is 0 Å². The lowest BCUT2D eigenvalue weighted by Gasteiger charge is -2.39. The fourth-order valence-electron chi connectivity index (χ4n) is 4.60. The van der Waals surface area contributed by atoms with Gasteiger partial charge in [-0.1, -0.05) is 27.7 Å². The molecule has 0 aromatic heterocycles. The fourth-order valence-corrected chi connectivity index (χ4v) is 4.60. The van der Waals surface area contributed by atoms with Gasteiger partial charge in [0, 0.05) is 0 Å². The molecule has 0 aromatic carbocycles. The van der Waals surface area contributed by atoms with Crippen molar-refractivity contribution in [3.05, 3.63) is 0 Å². The number of likely N-dealkylation sites (N-methyl/N-ethyl adjacent to an activating group) is 1. The minimum Gasteiger partial charge on any atom is -0.459 e. The van der Waals surface area contributed by atoms with Crippen molar-refractivity contribution in [1.29, 1.82) is 0 Å². The van der Waals surface area contributed by atoms with Gasteiger partial charge in [-0.3, -0.25) is 0 Å². The van der Waals surface area contributed by atoms with Crippen LogP contribution in [0.4, 0.5) is 0 Å². The second kappa shape index (κ2) is 6.95. The molecule has 0 radical (unpaired) electrons. The van der Waals surface area contributed by atoms with Gasteiger partial charge in [0.25, 0.3) is 0 Å². The smallest absolute Gasteiger partial charge is 0.362 e. The van der Waals surface area contributed by atoms with Crippen LogP contribution in [0.1, 0.15) is 60.3 Å². The lowest BCUT2D eigenvalue weighted by Crippen LogP contribution is -2.48. The summed E-state index contributed by atoms with van der Waals surface area (Å²) in [5.41, 5.74) is 0.701. The van der Waals surface area contributed by atoms with E-state index in [-0.39, 0.29) is 12.1 Å². The van der Waals surface area contributed by atoms with E-state index in [1.807, 2.05) is 13.8 Å². The minimum atomic E-state index is -0.109. The molecule has 0 N–H and O–H groups in total. The van der Waals surface area contributed by atoms with Gasteiger partial charge < -0.3 is 14.0 Å². The zero-order valence-electron chi connectivity index (χ0n) is 16.9. The number of esters is 1. The van der Waals surface area contributed by atoms with Gasteiger partial charge in [-0.05, 0) is 49.4 Å². The van der Waals surface area contributed by atoms with Gasteiger partial charge in [0.2, 0.25) is 0 Å². The summed E-state index contributed by atoms with van der Waals surface area (Å²) < 4.78 is 12.3. The number of ether oxygens (including phenoxy) is 2. The predicted molar refractivity (Wildman–Crippen MR) is 96.7 cm³/mol. The Kier molecular flexibility index (Phi) is 5.71. The van der Waals surface area contributed by atoms with Crippen LogP contribution in [0.3, 0.4) is 0 Å². The van der Waals surface area contributed by atoms with E-state index in [9.17, 15) is 4.79 Å². The number of carbonyl (C=O) groups excluding carboxylic acids is 1. The maximum atomic E-state index is 12.0. The van der Waals surface area contributed by atoms with E-state index in [4.69, 9.17) is 9.47 Å². The summed E-state index contributed by atoms with van der Waals surface area (Å²) >= 11 is 0. The van der Waals surface area contributed by atoms with Crippen molar-refractivity contribution >= 4 is 5.97 Å². The van der Waals surface area contributed by atoms with Crippen LogP contribution in [0.2, 0.25) is 0 Å². The third kappa shape index (κ3) is 3.80. The van der Waals surface area contributed by atoms with Gasteiger partial charge in [0.1, 0.15) is 6.54 Å². The van der Waals surface area contributed by atoms with Crippen molar-refractivity contribution in [2.45, 2.75) is 72.5 Å². The molecule has 4 nitrogen and oxygen atoms in total. The Morgan fingerprint density at radius 3 is 2.46 bits per heavy atom. The monoisotopic (exact) mass is 340 g/mol. The topological polar surface area (TPSA) is 35.5 Å². The number of rotatable bonds is 8. The van der Waals surface area contributed by atoms with Crippen LogP contribution in [0.15, 0.2) is 0 Å². The van der Waals surface area contributed by atoms with Gasteiger partial charge in [-0.15, -0.1) is 0 Å². The molecule has 0 heterocycles. The number of fused-ring (bicyclic) bond motifs is 2. The molecule has 0 spiro atoms. The van der Waals surface area contributed by atoms with E-state index in [1.165, 1.54) is 19.3 Å². The third-order valence-corrected chi connectivity index (χ3v) is 7.19. The summed E-state index contributed by atoms with van der Waals surface area (Å²) in [5, 5.41) is 0. The lowest BCUT2D eigenvalue weighted by atomic mass is 9.70. The van der Waals surface area contributed by atoms with Gasteiger partial charge in [-0.2, -0.15) is 0 Å². The number of carbonyl (C=O) groups is 1. The van der Waals surface area contributed by atoms with Crippen LogP contribution in [0.25, 0.3) is 0 Å². The Morgan fingerprint density at radius 2 is 1.96 bits per heavy atom. The molecule has 2 aliphatic rings. The molecular formula is C20H38NO3+. The highest BCUT2D eigenvalue weighted by atomic mass is 16.5. The van der Waals surface area contributed by atoms with Crippen LogP contribution < -0.4 is 0 Å². The number of quaternary nitrogens is 1. The van der Waals surface area contributed by atoms with Gasteiger partial charge in [0.05, 0.1) is 32.9 Å². The molecule has 0 unspecified atom stereocenters. The summed E-state index contributed by atoms with van der Waals surface area (Å²) in [6.45, 7) is 13.2. The lowest BCUT2D eigenvalue weighted by molar-refractivity contribution is -0.883. The van der Waals surface area contributed by atoms with Crippen molar-refractivity contribution in [3.8, 4) is 0 Å². The Labute approximate surface area is 148 Å². The van der Waals surface area contributed by atoms with E-state index in [0.29, 0.717) is 34.6 Å².